The van der Waals surface area contributed by atoms with E-state index >= 15 is 0 Å². The lowest BCUT2D eigenvalue weighted by molar-refractivity contribution is 0.303. The summed E-state index contributed by atoms with van der Waals surface area (Å²) in [4.78, 5) is 0. The quantitative estimate of drug-likeness (QED) is 0.170. The van der Waals surface area contributed by atoms with Crippen molar-refractivity contribution in [1.29, 1.82) is 0 Å². The Balaban J connectivity index is 1.43. The van der Waals surface area contributed by atoms with Crippen LogP contribution in [0.1, 0.15) is 0 Å². The molecule has 0 amide bonds. The Morgan fingerprint density at radius 3 is 1.82 bits per heavy atom. The van der Waals surface area contributed by atoms with E-state index in [1.165, 1.54) is 58.3 Å². The summed E-state index contributed by atoms with van der Waals surface area (Å²) in [6.07, 6.45) is 8.32. The number of fused-ring (bicyclic) bond motifs is 9. The summed E-state index contributed by atoms with van der Waals surface area (Å²) in [6.45, 7) is 0. The number of aromatic nitrogens is 1. The van der Waals surface area contributed by atoms with E-state index in [0.29, 0.717) is 0 Å². The Morgan fingerprint density at radius 2 is 1.08 bits per heavy atom. The topological polar surface area (TPSA) is 17.2 Å². The molecule has 2 aliphatic carbocycles. The second kappa shape index (κ2) is 10.9. The third-order valence-corrected chi connectivity index (χ3v) is 10.7. The Kier molecular flexibility index (Phi) is 6.02. The molecule has 0 saturated heterocycles. The predicted octanol–water partition coefficient (Wildman–Crippen LogP) is 10.4. The summed E-state index contributed by atoms with van der Waals surface area (Å²) in [7, 11) is 0. The van der Waals surface area contributed by atoms with Crippen molar-refractivity contribution in [3.8, 4) is 11.4 Å². The molecular formula is C48H31N2O+. The first-order valence-corrected chi connectivity index (χ1v) is 17.6. The molecule has 51 heavy (non-hydrogen) atoms. The van der Waals surface area contributed by atoms with Crippen molar-refractivity contribution in [1.82, 2.24) is 9.14 Å². The molecule has 0 N–H and O–H groups in total. The zero-order valence-electron chi connectivity index (χ0n) is 27.7. The fourth-order valence-corrected chi connectivity index (χ4v) is 8.54. The van der Waals surface area contributed by atoms with Gasteiger partial charge in [0.15, 0.2) is 5.75 Å². The van der Waals surface area contributed by atoms with E-state index in [1.54, 1.807) is 0 Å². The van der Waals surface area contributed by atoms with Crippen molar-refractivity contribution >= 4 is 38.9 Å². The van der Waals surface area contributed by atoms with Crippen LogP contribution in [-0.4, -0.2) is 16.4 Å². The van der Waals surface area contributed by atoms with Gasteiger partial charge in [0, 0.05) is 40.3 Å². The number of benzene rings is 7. The average molecular weight is 652 g/mol. The molecule has 238 valence electrons. The molecule has 11 rings (SSSR count). The molecule has 2 heterocycles. The van der Waals surface area contributed by atoms with Gasteiger partial charge in [-0.05, 0) is 66.9 Å². The van der Waals surface area contributed by atoms with Gasteiger partial charge >= 0.3 is 0 Å². The summed E-state index contributed by atoms with van der Waals surface area (Å²) in [6, 6.07) is 57.4. The van der Waals surface area contributed by atoms with Gasteiger partial charge in [0.1, 0.15) is 0 Å². The van der Waals surface area contributed by atoms with Crippen molar-refractivity contribution in [2.45, 2.75) is 6.10 Å². The van der Waals surface area contributed by atoms with Gasteiger partial charge in [-0.2, -0.15) is 4.58 Å². The first-order chi connectivity index (χ1) is 25.3. The number of rotatable bonds is 2. The van der Waals surface area contributed by atoms with Crippen LogP contribution >= 0.6 is 0 Å². The van der Waals surface area contributed by atoms with Crippen LogP contribution in [0, 0.1) is 41.7 Å². The van der Waals surface area contributed by atoms with Crippen LogP contribution in [-0.2, 0) is 0 Å². The Morgan fingerprint density at radius 1 is 0.490 bits per heavy atom. The van der Waals surface area contributed by atoms with Gasteiger partial charge < -0.3 is 9.30 Å². The van der Waals surface area contributed by atoms with Crippen LogP contribution < -0.4 is 9.31 Å². The van der Waals surface area contributed by atoms with Gasteiger partial charge in [-0.1, -0.05) is 127 Å². The van der Waals surface area contributed by atoms with Crippen LogP contribution in [0.25, 0.3) is 27.5 Å². The highest BCUT2D eigenvalue weighted by molar-refractivity contribution is 6.09. The lowest BCUT2D eigenvalue weighted by Gasteiger charge is -2.24. The number of nitrogens with zero attached hydrogens (tertiary/aromatic N) is 2. The first kappa shape index (κ1) is 28.2. The van der Waals surface area contributed by atoms with Crippen LogP contribution in [0.5, 0.6) is 5.75 Å². The zero-order chi connectivity index (χ0) is 33.5. The lowest BCUT2D eigenvalue weighted by Crippen LogP contribution is -2.36. The average Bonchev–Trinajstić information content (AvgIpc) is 3.53. The molecule has 0 spiro atoms. The number of allylic oxidation sites excluding steroid dienone is 2. The summed E-state index contributed by atoms with van der Waals surface area (Å²) in [5, 5.41) is 12.1. The molecule has 1 atom stereocenters. The maximum absolute atomic E-state index is 6.86. The van der Waals surface area contributed by atoms with E-state index in [9.17, 15) is 0 Å². The molecule has 1 unspecified atom stereocenters. The summed E-state index contributed by atoms with van der Waals surface area (Å²) in [5.74, 6) is 0.870. The van der Waals surface area contributed by atoms with E-state index in [1.807, 2.05) is 0 Å². The van der Waals surface area contributed by atoms with Crippen LogP contribution in [0.15, 0.2) is 182 Å². The largest absolute Gasteiger partial charge is 0.468 e. The highest BCUT2D eigenvalue weighted by atomic mass is 16.5. The molecule has 0 radical (unpaired) electrons. The Bertz CT molecular complexity index is 3230. The van der Waals surface area contributed by atoms with Gasteiger partial charge in [0.05, 0.1) is 16.7 Å². The molecule has 3 aliphatic rings. The van der Waals surface area contributed by atoms with Crippen molar-refractivity contribution in [2.24, 2.45) is 0 Å². The van der Waals surface area contributed by atoms with Crippen molar-refractivity contribution in [3.63, 3.8) is 0 Å². The van der Waals surface area contributed by atoms with E-state index in [0.717, 1.165) is 33.7 Å². The molecule has 3 nitrogen and oxygen atoms in total. The maximum Gasteiger partial charge on any atom is 0.254 e. The van der Waals surface area contributed by atoms with Crippen molar-refractivity contribution in [2.75, 3.05) is 0 Å². The second-order valence-electron chi connectivity index (χ2n) is 13.4. The number of hydrogen-bond donors (Lipinski definition) is 0. The van der Waals surface area contributed by atoms with Crippen LogP contribution in [0.3, 0.4) is 0 Å². The van der Waals surface area contributed by atoms with Gasteiger partial charge in [-0.3, -0.25) is 0 Å². The molecule has 0 saturated carbocycles. The van der Waals surface area contributed by atoms with Gasteiger partial charge in [-0.25, -0.2) is 0 Å². The molecule has 1 aliphatic heterocycles. The minimum absolute atomic E-state index is 0.181. The van der Waals surface area contributed by atoms with E-state index in [4.69, 9.17) is 4.74 Å². The van der Waals surface area contributed by atoms with Gasteiger partial charge in [-0.15, -0.1) is 0 Å². The lowest BCUT2D eigenvalue weighted by atomic mass is 9.99. The third kappa shape index (κ3) is 4.09. The van der Waals surface area contributed by atoms with Crippen molar-refractivity contribution in [3.05, 3.63) is 224 Å². The molecule has 1 aromatic heterocycles. The van der Waals surface area contributed by atoms with Crippen LogP contribution in [0.2, 0.25) is 0 Å². The normalized spacial score (nSPS) is 15.2. The van der Waals surface area contributed by atoms with E-state index in [-0.39, 0.29) is 6.10 Å². The summed E-state index contributed by atoms with van der Waals surface area (Å²) < 4.78 is 11.7. The Labute approximate surface area is 293 Å². The maximum atomic E-state index is 6.86. The molecule has 8 aromatic rings. The zero-order valence-corrected chi connectivity index (χ0v) is 27.7. The Hall–Kier alpha value is -6.71. The van der Waals surface area contributed by atoms with Crippen LogP contribution in [0.4, 0.5) is 11.4 Å². The standard InChI is InChI=1S/C48H31N2O/c1-2-15-31(16-3-1)49-43-26-12-13-28-46(43)51-47-30-40-34-19-5-4-17-32(34)33-18-6-7-22-37(33)48-38(39(40)29-45(47)49)23-14-27-44(48)50-41-24-10-8-20-35(41)36-21-9-11-25-42(36)50/h1-30,46H/q+1. The second-order valence-corrected chi connectivity index (χ2v) is 13.4. The number of ether oxygens (including phenoxy) is 1. The minimum Gasteiger partial charge on any atom is -0.468 e. The smallest absolute Gasteiger partial charge is 0.254 e. The fourth-order valence-electron chi connectivity index (χ4n) is 8.54. The highest BCUT2D eigenvalue weighted by Gasteiger charge is 2.36. The SMILES string of the molecule is C1=CC2=[N+](c3ccccc3)c3cc4c(cc3OC2C=C1)=c1ccccc1=c1ccccc1=c1c(-n2c3ccccc3c3ccccc32)cccc1=4. The molecule has 3 heteroatoms. The third-order valence-electron chi connectivity index (χ3n) is 10.7. The van der Waals surface area contributed by atoms with Crippen molar-refractivity contribution < 1.29 is 4.74 Å². The van der Waals surface area contributed by atoms with Gasteiger partial charge in [0.25, 0.3) is 5.69 Å². The monoisotopic (exact) mass is 651 g/mol. The number of hydrogen-bond acceptors (Lipinski definition) is 1. The highest BCUT2D eigenvalue weighted by Crippen LogP contribution is 2.38. The minimum atomic E-state index is -0.181. The summed E-state index contributed by atoms with van der Waals surface area (Å²) >= 11 is 0. The first-order valence-electron chi connectivity index (χ1n) is 17.6. The van der Waals surface area contributed by atoms with Gasteiger partial charge in [0.2, 0.25) is 17.5 Å². The number of para-hydroxylation sites is 3. The van der Waals surface area contributed by atoms with E-state index in [2.05, 4.69) is 191 Å². The molecule has 7 aromatic carbocycles. The van der Waals surface area contributed by atoms with E-state index < -0.39 is 0 Å². The molecular weight excluding hydrogens is 621 g/mol. The fraction of sp³-hybridized carbons (Fsp3) is 0.0208. The molecule has 0 bridgehead atoms. The predicted molar refractivity (Wildman–Crippen MR) is 206 cm³/mol. The summed E-state index contributed by atoms with van der Waals surface area (Å²) in [5.41, 5.74) is 6.80. The molecule has 0 fully saturated rings.